The zero-order valence-corrected chi connectivity index (χ0v) is 29.7. The second-order valence-corrected chi connectivity index (χ2v) is 10.7. The zero-order chi connectivity index (χ0) is 38.8. The third-order valence-corrected chi connectivity index (χ3v) is 6.63. The van der Waals surface area contributed by atoms with Gasteiger partial charge in [0.2, 0.25) is 40.7 Å². The Kier molecular flexibility index (Phi) is 21.9. The lowest BCUT2D eigenvalue weighted by atomic mass is 10.2. The Morgan fingerprint density at radius 1 is 0.481 bits per heavy atom. The molecule has 0 saturated carbocycles. The normalized spacial score (nSPS) is 11.3. The number of carbonyl (C=O) groups excluding carboxylic acids is 1. The largest absolute Gasteiger partial charge is 0.491 e. The van der Waals surface area contributed by atoms with Crippen LogP contribution in [0.5, 0.6) is 11.5 Å². The minimum Gasteiger partial charge on any atom is -0.491 e. The van der Waals surface area contributed by atoms with Crippen LogP contribution in [-0.4, -0.2) is 139 Å². The Hall–Kier alpha value is -4.02. The number of nitrogens with zero attached hydrogens (tertiary/aromatic N) is 4. The second kappa shape index (κ2) is 26.7. The van der Waals surface area contributed by atoms with Crippen LogP contribution in [0.3, 0.4) is 0 Å². The van der Waals surface area contributed by atoms with E-state index < -0.39 is 47.2 Å². The predicted molar refractivity (Wildman–Crippen MR) is 176 cm³/mol. The highest BCUT2D eigenvalue weighted by Crippen LogP contribution is 2.29. The SMILES string of the molecule is Cc1nnc(-c2ccc(OCCOCCOCCOCCOCCOCCOCCOCCOCCC(=O)Oc3c(F)c(F)c(F)c(F)c3F)cc2)nn1. The van der Waals surface area contributed by atoms with Crippen LogP contribution in [0.15, 0.2) is 24.3 Å². The van der Waals surface area contributed by atoms with E-state index in [2.05, 4.69) is 25.1 Å². The van der Waals surface area contributed by atoms with E-state index in [4.69, 9.17) is 42.6 Å². The van der Waals surface area contributed by atoms with Crippen LogP contribution in [0.25, 0.3) is 11.4 Å². The molecular weight excluding hydrogens is 735 g/mol. The summed E-state index contributed by atoms with van der Waals surface area (Å²) in [4.78, 5) is 11.7. The van der Waals surface area contributed by atoms with E-state index >= 15 is 0 Å². The highest BCUT2D eigenvalue weighted by Gasteiger charge is 2.28. The van der Waals surface area contributed by atoms with Crippen molar-refractivity contribution in [2.75, 3.05) is 112 Å². The van der Waals surface area contributed by atoms with Crippen molar-refractivity contribution in [3.63, 3.8) is 0 Å². The van der Waals surface area contributed by atoms with Gasteiger partial charge in [0.1, 0.15) is 12.4 Å². The molecule has 0 spiro atoms. The first-order chi connectivity index (χ1) is 26.3. The quantitative estimate of drug-likeness (QED) is 0.0242. The third kappa shape index (κ3) is 17.4. The average Bonchev–Trinajstić information content (AvgIpc) is 3.18. The summed E-state index contributed by atoms with van der Waals surface area (Å²) in [5.41, 5.74) is 0.796. The first kappa shape index (κ1) is 44.4. The van der Waals surface area contributed by atoms with Gasteiger partial charge in [-0.2, -0.15) is 8.78 Å². The number of ether oxygens (including phenoxy) is 10. The molecule has 0 amide bonds. The van der Waals surface area contributed by atoms with Crippen LogP contribution in [0.1, 0.15) is 12.2 Å². The molecular formula is C34H43F5N4O11. The molecule has 1 aromatic heterocycles. The number of esters is 1. The van der Waals surface area contributed by atoms with Crippen LogP contribution in [0, 0.1) is 36.0 Å². The molecule has 3 aromatic rings. The molecule has 300 valence electrons. The number of halogens is 5. The molecule has 0 atom stereocenters. The molecule has 0 N–H and O–H groups in total. The molecule has 0 bridgehead atoms. The molecule has 0 aliphatic rings. The van der Waals surface area contributed by atoms with Gasteiger partial charge >= 0.3 is 5.97 Å². The van der Waals surface area contributed by atoms with Crippen molar-refractivity contribution in [2.45, 2.75) is 13.3 Å². The summed E-state index contributed by atoms with van der Waals surface area (Å²) in [6, 6.07) is 7.32. The maximum Gasteiger partial charge on any atom is 0.313 e. The summed E-state index contributed by atoms with van der Waals surface area (Å²) in [7, 11) is 0. The molecule has 20 heteroatoms. The van der Waals surface area contributed by atoms with E-state index in [1.165, 1.54) is 0 Å². The number of hydrogen-bond acceptors (Lipinski definition) is 15. The van der Waals surface area contributed by atoms with Crippen molar-refractivity contribution in [2.24, 2.45) is 0 Å². The molecule has 0 radical (unpaired) electrons. The Balaban J connectivity index is 0.984. The van der Waals surface area contributed by atoms with Gasteiger partial charge < -0.3 is 47.4 Å². The minimum atomic E-state index is -2.35. The molecule has 2 aromatic carbocycles. The summed E-state index contributed by atoms with van der Waals surface area (Å²) < 4.78 is 119. The van der Waals surface area contributed by atoms with Crippen molar-refractivity contribution in [3.05, 3.63) is 59.2 Å². The lowest BCUT2D eigenvalue weighted by Gasteiger charge is -2.09. The lowest BCUT2D eigenvalue weighted by Crippen LogP contribution is -2.16. The van der Waals surface area contributed by atoms with Crippen LogP contribution in [0.4, 0.5) is 22.0 Å². The fourth-order valence-corrected chi connectivity index (χ4v) is 3.95. The first-order valence-corrected chi connectivity index (χ1v) is 16.9. The summed E-state index contributed by atoms with van der Waals surface area (Å²) >= 11 is 0. The summed E-state index contributed by atoms with van der Waals surface area (Å²) in [5, 5.41) is 15.8. The maximum absolute atomic E-state index is 13.6. The Bertz CT molecular complexity index is 1470. The molecule has 15 nitrogen and oxygen atoms in total. The summed E-state index contributed by atoms with van der Waals surface area (Å²) in [6.07, 6.45) is -0.490. The molecule has 0 unspecified atom stereocenters. The van der Waals surface area contributed by atoms with Crippen molar-refractivity contribution in [3.8, 4) is 22.9 Å². The van der Waals surface area contributed by atoms with Crippen LogP contribution < -0.4 is 9.47 Å². The third-order valence-electron chi connectivity index (χ3n) is 6.63. The smallest absolute Gasteiger partial charge is 0.313 e. The highest BCUT2D eigenvalue weighted by molar-refractivity contribution is 5.72. The van der Waals surface area contributed by atoms with Gasteiger partial charge in [0.05, 0.1) is 112 Å². The standard InChI is InChI=1S/C34H43F5N4O11/c1-24-40-42-34(43-41-24)25-2-4-26(5-3-25)53-23-22-52-21-20-51-19-18-50-17-16-49-15-14-48-13-12-47-11-10-46-9-8-45-7-6-27(44)54-33-31(38)29(36)28(35)30(37)32(33)39/h2-5H,6-23H2,1H3. The number of carbonyl (C=O) groups is 1. The van der Waals surface area contributed by atoms with Gasteiger partial charge in [0.15, 0.2) is 5.82 Å². The van der Waals surface area contributed by atoms with E-state index in [9.17, 15) is 26.7 Å². The predicted octanol–water partition coefficient (Wildman–Crippen LogP) is 3.44. The number of aromatic nitrogens is 4. The molecule has 0 fully saturated rings. The van der Waals surface area contributed by atoms with Crippen molar-refractivity contribution in [1.82, 2.24) is 20.4 Å². The van der Waals surface area contributed by atoms with Gasteiger partial charge in [0, 0.05) is 5.56 Å². The molecule has 3 rings (SSSR count). The van der Waals surface area contributed by atoms with E-state index in [1.54, 1.807) is 6.92 Å². The number of benzene rings is 2. The minimum absolute atomic E-state index is 0.0764. The fraction of sp³-hybridized carbons (Fsp3) is 0.559. The van der Waals surface area contributed by atoms with Crippen LogP contribution in [-0.2, 0) is 42.7 Å². The Labute approximate surface area is 308 Å². The molecule has 0 aliphatic heterocycles. The van der Waals surface area contributed by atoms with Gasteiger partial charge in [-0.15, -0.1) is 20.4 Å². The van der Waals surface area contributed by atoms with Crippen LogP contribution >= 0.6 is 0 Å². The van der Waals surface area contributed by atoms with Crippen LogP contribution in [0.2, 0.25) is 0 Å². The number of hydrogen-bond donors (Lipinski definition) is 0. The molecule has 0 saturated heterocycles. The van der Waals surface area contributed by atoms with Crippen molar-refractivity contribution >= 4 is 5.97 Å². The Morgan fingerprint density at radius 2 is 0.833 bits per heavy atom. The van der Waals surface area contributed by atoms with E-state index in [1.807, 2.05) is 24.3 Å². The van der Waals surface area contributed by atoms with E-state index in [-0.39, 0.29) is 26.4 Å². The van der Waals surface area contributed by atoms with Gasteiger partial charge in [-0.25, -0.2) is 13.2 Å². The first-order valence-electron chi connectivity index (χ1n) is 16.9. The molecule has 0 aliphatic carbocycles. The number of rotatable bonds is 30. The van der Waals surface area contributed by atoms with Crippen molar-refractivity contribution < 1.29 is 74.1 Å². The van der Waals surface area contributed by atoms with E-state index in [0.29, 0.717) is 103 Å². The summed E-state index contributed by atoms with van der Waals surface area (Å²) in [5.74, 6) is -12.5. The summed E-state index contributed by atoms with van der Waals surface area (Å²) in [6.45, 7) is 7.24. The van der Waals surface area contributed by atoms with Gasteiger partial charge in [-0.3, -0.25) is 4.79 Å². The van der Waals surface area contributed by atoms with Gasteiger partial charge in [0.25, 0.3) is 0 Å². The topological polar surface area (TPSA) is 161 Å². The zero-order valence-electron chi connectivity index (χ0n) is 29.7. The van der Waals surface area contributed by atoms with Crippen molar-refractivity contribution in [1.29, 1.82) is 0 Å². The fourth-order valence-electron chi connectivity index (χ4n) is 3.95. The molecule has 1 heterocycles. The van der Waals surface area contributed by atoms with Gasteiger partial charge in [-0.1, -0.05) is 0 Å². The monoisotopic (exact) mass is 778 g/mol. The average molecular weight is 779 g/mol. The second-order valence-electron chi connectivity index (χ2n) is 10.7. The van der Waals surface area contributed by atoms with E-state index in [0.717, 1.165) is 5.56 Å². The van der Waals surface area contributed by atoms with Gasteiger partial charge in [-0.05, 0) is 31.2 Å². The molecule has 54 heavy (non-hydrogen) atoms. The maximum atomic E-state index is 13.6. The number of aryl methyl sites for hydroxylation is 1. The highest BCUT2D eigenvalue weighted by atomic mass is 19.2. The lowest BCUT2D eigenvalue weighted by molar-refractivity contribution is -0.136. The Morgan fingerprint density at radius 3 is 1.24 bits per heavy atom.